The number of benzene rings is 3. The zero-order valence-electron chi connectivity index (χ0n) is 19.6. The lowest BCUT2D eigenvalue weighted by Gasteiger charge is -2.24. The van der Waals surface area contributed by atoms with E-state index < -0.39 is 0 Å². The van der Waals surface area contributed by atoms with Crippen molar-refractivity contribution in [3.8, 4) is 5.75 Å². The maximum atomic E-state index is 12.6. The quantitative estimate of drug-likeness (QED) is 0.259. The van der Waals surface area contributed by atoms with Gasteiger partial charge in [0.15, 0.2) is 0 Å². The van der Waals surface area contributed by atoms with Gasteiger partial charge in [0.25, 0.3) is 11.9 Å². The molecule has 1 atom stereocenters. The Bertz CT molecular complexity index is 1460. The molecule has 0 radical (unpaired) electrons. The summed E-state index contributed by atoms with van der Waals surface area (Å²) in [5, 5.41) is 11.8. The van der Waals surface area contributed by atoms with Crippen LogP contribution >= 0.6 is 35.6 Å². The van der Waals surface area contributed by atoms with Crippen molar-refractivity contribution in [2.45, 2.75) is 6.04 Å². The largest absolute Gasteiger partial charge is 0.497 e. The molecule has 1 aromatic heterocycles. The number of hydrogen-bond acceptors (Lipinski definition) is 5. The van der Waals surface area contributed by atoms with Gasteiger partial charge in [-0.15, -0.1) is 17.5 Å². The van der Waals surface area contributed by atoms with Gasteiger partial charge in [-0.25, -0.2) is 4.68 Å². The summed E-state index contributed by atoms with van der Waals surface area (Å²) in [7, 11) is 1.63. The summed E-state index contributed by atoms with van der Waals surface area (Å²) in [5.41, 5.74) is 3.51. The van der Waals surface area contributed by atoms with E-state index in [4.69, 9.17) is 27.9 Å². The van der Waals surface area contributed by atoms with Crippen LogP contribution in [0.1, 0.15) is 22.7 Å². The lowest BCUT2D eigenvalue weighted by atomic mass is 10.0. The third-order valence-electron chi connectivity index (χ3n) is 5.63. The number of carbonyl (C=O) groups excluding carboxylic acids is 1. The van der Waals surface area contributed by atoms with Crippen LogP contribution < -0.4 is 15.4 Å². The van der Waals surface area contributed by atoms with Crippen LogP contribution in [0.25, 0.3) is 11.8 Å². The van der Waals surface area contributed by atoms with Crippen LogP contribution in [0, 0.1) is 0 Å². The van der Waals surface area contributed by atoms with E-state index in [9.17, 15) is 4.79 Å². The molecule has 2 heterocycles. The Morgan fingerprint density at radius 3 is 2.49 bits per heavy atom. The van der Waals surface area contributed by atoms with Gasteiger partial charge in [-0.2, -0.15) is 4.98 Å². The van der Waals surface area contributed by atoms with E-state index in [0.29, 0.717) is 16.0 Å². The van der Waals surface area contributed by atoms with Gasteiger partial charge in [0.1, 0.15) is 11.8 Å². The first kappa shape index (κ1) is 26.3. The molecule has 0 saturated heterocycles. The monoisotopic (exact) mass is 553 g/mol. The topological polar surface area (TPSA) is 81.1 Å². The summed E-state index contributed by atoms with van der Waals surface area (Å²) in [6.45, 7) is 0. The molecule has 37 heavy (non-hydrogen) atoms. The highest BCUT2D eigenvalue weighted by molar-refractivity contribution is 6.32. The molecule has 2 N–H and O–H groups in total. The van der Waals surface area contributed by atoms with Crippen LogP contribution in [0.4, 0.5) is 11.9 Å². The molecule has 1 amide bonds. The summed E-state index contributed by atoms with van der Waals surface area (Å²) in [5.74, 6) is 1.06. The van der Waals surface area contributed by atoms with Crippen molar-refractivity contribution >= 4 is 65.2 Å². The first-order chi connectivity index (χ1) is 17.5. The molecular weight excluding hydrogens is 533 g/mol. The number of amides is 1. The SMILES string of the molecule is COc1ccc(C2C=C(c3ccc(Cl)cc3)Nc3nc(NC(=O)C=Cc4ccccc4Cl)nn32)cc1.Cl. The summed E-state index contributed by atoms with van der Waals surface area (Å²) >= 11 is 12.2. The minimum Gasteiger partial charge on any atom is -0.497 e. The molecule has 5 rings (SSSR count). The molecule has 0 saturated carbocycles. The molecular formula is C27H22Cl3N5O2. The number of allylic oxidation sites excluding steroid dienone is 1. The molecule has 10 heteroatoms. The number of hydrogen-bond donors (Lipinski definition) is 2. The van der Waals surface area contributed by atoms with Crippen molar-refractivity contribution in [1.29, 1.82) is 0 Å². The zero-order chi connectivity index (χ0) is 25.1. The van der Waals surface area contributed by atoms with E-state index in [1.54, 1.807) is 23.9 Å². The number of aromatic nitrogens is 3. The van der Waals surface area contributed by atoms with Gasteiger partial charge in [-0.05, 0) is 59.2 Å². The zero-order valence-corrected chi connectivity index (χ0v) is 21.9. The Morgan fingerprint density at radius 1 is 1.05 bits per heavy atom. The Balaban J connectivity index is 0.00000320. The van der Waals surface area contributed by atoms with Crippen LogP contribution in [0.3, 0.4) is 0 Å². The Labute approximate surface area is 230 Å². The number of rotatable bonds is 6. The maximum Gasteiger partial charge on any atom is 0.250 e. The van der Waals surface area contributed by atoms with E-state index in [-0.39, 0.29) is 30.3 Å². The van der Waals surface area contributed by atoms with Gasteiger partial charge in [-0.3, -0.25) is 10.1 Å². The molecule has 0 aliphatic carbocycles. The van der Waals surface area contributed by atoms with Crippen molar-refractivity contribution in [2.24, 2.45) is 0 Å². The van der Waals surface area contributed by atoms with E-state index in [1.165, 1.54) is 6.08 Å². The summed E-state index contributed by atoms with van der Waals surface area (Å²) in [4.78, 5) is 17.1. The Morgan fingerprint density at radius 2 is 1.78 bits per heavy atom. The number of fused-ring (bicyclic) bond motifs is 1. The summed E-state index contributed by atoms with van der Waals surface area (Å²) < 4.78 is 7.03. The first-order valence-electron chi connectivity index (χ1n) is 11.1. The van der Waals surface area contributed by atoms with E-state index in [2.05, 4.69) is 26.8 Å². The molecule has 4 aromatic rings. The van der Waals surface area contributed by atoms with E-state index in [1.807, 2.05) is 66.7 Å². The van der Waals surface area contributed by atoms with Gasteiger partial charge >= 0.3 is 0 Å². The van der Waals surface area contributed by atoms with Crippen molar-refractivity contribution < 1.29 is 9.53 Å². The summed E-state index contributed by atoms with van der Waals surface area (Å²) in [6.07, 6.45) is 5.09. The minimum atomic E-state index is -0.371. The predicted molar refractivity (Wildman–Crippen MR) is 151 cm³/mol. The fourth-order valence-corrected chi connectivity index (χ4v) is 4.13. The second kappa shape index (κ2) is 11.5. The average molecular weight is 555 g/mol. The molecule has 0 spiro atoms. The lowest BCUT2D eigenvalue weighted by molar-refractivity contribution is -0.111. The predicted octanol–water partition coefficient (Wildman–Crippen LogP) is 6.72. The van der Waals surface area contributed by atoms with Gasteiger partial charge < -0.3 is 10.1 Å². The average Bonchev–Trinajstić information content (AvgIpc) is 3.30. The van der Waals surface area contributed by atoms with Gasteiger partial charge in [0.05, 0.1) is 7.11 Å². The van der Waals surface area contributed by atoms with E-state index in [0.717, 1.165) is 28.1 Å². The highest BCUT2D eigenvalue weighted by Crippen LogP contribution is 2.34. The molecule has 1 aliphatic heterocycles. The minimum absolute atomic E-state index is 0. The molecule has 3 aromatic carbocycles. The number of anilines is 2. The lowest BCUT2D eigenvalue weighted by Crippen LogP contribution is -2.20. The standard InChI is InChI=1S/C27H21Cl2N5O2.ClH/c1-36-21-13-8-19(9-14-21)24-16-23(18-6-11-20(28)12-7-18)30-27-32-26(33-34(24)27)31-25(35)15-10-17-4-2-3-5-22(17)29;/h2-16,24H,1H3,(H2,30,31,32,33,35);1H. The molecule has 1 aliphatic rings. The highest BCUT2D eigenvalue weighted by Gasteiger charge is 2.25. The van der Waals surface area contributed by atoms with Crippen molar-refractivity contribution in [1.82, 2.24) is 14.8 Å². The third-order valence-corrected chi connectivity index (χ3v) is 6.23. The van der Waals surface area contributed by atoms with Crippen LogP contribution in [0.15, 0.2) is 84.9 Å². The second-order valence-corrected chi connectivity index (χ2v) is 8.82. The van der Waals surface area contributed by atoms with Crippen LogP contribution in [0.5, 0.6) is 5.75 Å². The molecule has 1 unspecified atom stereocenters. The number of nitrogens with zero attached hydrogens (tertiary/aromatic N) is 3. The molecule has 0 fully saturated rings. The number of halogens is 3. The van der Waals surface area contributed by atoms with Crippen LogP contribution in [-0.4, -0.2) is 27.8 Å². The molecule has 0 bridgehead atoms. The normalized spacial score (nSPS) is 14.2. The number of methoxy groups -OCH3 is 1. The van der Waals surface area contributed by atoms with Crippen molar-refractivity contribution in [3.05, 3.63) is 112 Å². The fourth-order valence-electron chi connectivity index (χ4n) is 3.81. The number of nitrogens with one attached hydrogen (secondary N) is 2. The van der Waals surface area contributed by atoms with Gasteiger partial charge in [0.2, 0.25) is 5.95 Å². The number of carbonyl (C=O) groups is 1. The summed E-state index contributed by atoms with van der Waals surface area (Å²) in [6, 6.07) is 22.3. The highest BCUT2D eigenvalue weighted by atomic mass is 35.5. The number of ether oxygens (including phenoxy) is 1. The van der Waals surface area contributed by atoms with Crippen molar-refractivity contribution in [3.63, 3.8) is 0 Å². The second-order valence-electron chi connectivity index (χ2n) is 7.98. The Kier molecular flexibility index (Phi) is 8.18. The molecule has 7 nitrogen and oxygen atoms in total. The smallest absolute Gasteiger partial charge is 0.250 e. The Hall–Kier alpha value is -3.78. The fraction of sp³-hybridized carbons (Fsp3) is 0.0741. The van der Waals surface area contributed by atoms with Gasteiger partial charge in [-0.1, -0.05) is 65.7 Å². The third kappa shape index (κ3) is 5.97. The van der Waals surface area contributed by atoms with Crippen LogP contribution in [-0.2, 0) is 4.79 Å². The van der Waals surface area contributed by atoms with Crippen molar-refractivity contribution in [2.75, 3.05) is 17.7 Å². The van der Waals surface area contributed by atoms with E-state index >= 15 is 0 Å². The van der Waals surface area contributed by atoms with Gasteiger partial charge in [0, 0.05) is 21.8 Å². The maximum absolute atomic E-state index is 12.6. The molecule has 188 valence electrons. The van der Waals surface area contributed by atoms with Crippen LogP contribution in [0.2, 0.25) is 10.0 Å². The first-order valence-corrected chi connectivity index (χ1v) is 11.8.